The maximum atomic E-state index is 10.6. The van der Waals surface area contributed by atoms with Gasteiger partial charge in [-0.25, -0.2) is 0 Å². The Hall–Kier alpha value is -2.82. The summed E-state index contributed by atoms with van der Waals surface area (Å²) in [4.78, 5) is 2.53. The smallest absolute Gasteiger partial charge is 0.119 e. The van der Waals surface area contributed by atoms with Crippen LogP contribution < -0.4 is 4.74 Å². The third-order valence-electron chi connectivity index (χ3n) is 7.79. The van der Waals surface area contributed by atoms with Gasteiger partial charge < -0.3 is 9.64 Å². The van der Waals surface area contributed by atoms with E-state index in [0.29, 0.717) is 24.0 Å². The highest BCUT2D eigenvalue weighted by Crippen LogP contribution is 2.49. The number of nitriles is 2. The molecule has 1 aliphatic heterocycles. The number of rotatable bonds is 8. The Labute approximate surface area is 198 Å². The van der Waals surface area contributed by atoms with E-state index in [1.54, 1.807) is 12.1 Å². The van der Waals surface area contributed by atoms with Crippen LogP contribution in [0.5, 0.6) is 5.75 Å². The molecule has 0 bridgehead atoms. The molecule has 0 spiro atoms. The van der Waals surface area contributed by atoms with Crippen LogP contribution in [0.1, 0.15) is 62.5 Å². The minimum atomic E-state index is -0.341. The van der Waals surface area contributed by atoms with Gasteiger partial charge in [0.2, 0.25) is 0 Å². The van der Waals surface area contributed by atoms with E-state index in [4.69, 9.17) is 10.00 Å². The topological polar surface area (TPSA) is 60.0 Å². The fraction of sp³-hybridized carbons (Fsp3) is 0.517. The molecule has 4 nitrogen and oxygen atoms in total. The van der Waals surface area contributed by atoms with Crippen molar-refractivity contribution in [2.45, 2.75) is 56.8 Å². The highest BCUT2D eigenvalue weighted by atomic mass is 16.5. The molecule has 172 valence electrons. The fourth-order valence-corrected chi connectivity index (χ4v) is 6.04. The van der Waals surface area contributed by atoms with Gasteiger partial charge in [0.05, 0.1) is 29.7 Å². The Balaban J connectivity index is 1.32. The van der Waals surface area contributed by atoms with Crippen molar-refractivity contribution in [3.05, 3.63) is 65.7 Å². The molecule has 33 heavy (non-hydrogen) atoms. The first-order chi connectivity index (χ1) is 16.3. The molecular weight excluding hydrogens is 406 g/mol. The highest BCUT2D eigenvalue weighted by molar-refractivity contribution is 5.36. The van der Waals surface area contributed by atoms with Crippen molar-refractivity contribution < 1.29 is 4.74 Å². The van der Waals surface area contributed by atoms with Gasteiger partial charge in [0.25, 0.3) is 0 Å². The molecule has 2 fully saturated rings. The van der Waals surface area contributed by atoms with E-state index in [1.165, 1.54) is 37.7 Å². The molecule has 4 rings (SSSR count). The second-order valence-corrected chi connectivity index (χ2v) is 9.64. The van der Waals surface area contributed by atoms with Gasteiger partial charge in [-0.2, -0.15) is 10.5 Å². The van der Waals surface area contributed by atoms with Crippen LogP contribution in [0, 0.1) is 34.5 Å². The van der Waals surface area contributed by atoms with E-state index >= 15 is 0 Å². The monoisotopic (exact) mass is 441 g/mol. The van der Waals surface area contributed by atoms with E-state index in [-0.39, 0.29) is 5.41 Å². The predicted octanol–water partition coefficient (Wildman–Crippen LogP) is 6.08. The molecule has 0 radical (unpaired) electrons. The first-order valence-electron chi connectivity index (χ1n) is 12.6. The Morgan fingerprint density at radius 1 is 0.848 bits per heavy atom. The van der Waals surface area contributed by atoms with Crippen LogP contribution in [0.3, 0.4) is 0 Å². The van der Waals surface area contributed by atoms with Crippen molar-refractivity contribution in [1.29, 1.82) is 10.5 Å². The van der Waals surface area contributed by atoms with Crippen molar-refractivity contribution in [2.24, 2.45) is 11.8 Å². The lowest BCUT2D eigenvalue weighted by atomic mass is 9.57. The van der Waals surface area contributed by atoms with E-state index in [0.717, 1.165) is 44.6 Å². The molecule has 2 aliphatic rings. The Morgan fingerprint density at radius 2 is 1.52 bits per heavy atom. The van der Waals surface area contributed by atoms with Crippen LogP contribution in [0.2, 0.25) is 0 Å². The van der Waals surface area contributed by atoms with Gasteiger partial charge >= 0.3 is 0 Å². The summed E-state index contributed by atoms with van der Waals surface area (Å²) in [5, 5.41) is 19.5. The van der Waals surface area contributed by atoms with Crippen molar-refractivity contribution in [3.8, 4) is 17.9 Å². The second kappa shape index (κ2) is 11.4. The van der Waals surface area contributed by atoms with Gasteiger partial charge in [0, 0.05) is 6.54 Å². The average Bonchev–Trinajstić information content (AvgIpc) is 2.90. The second-order valence-electron chi connectivity index (χ2n) is 9.64. The minimum absolute atomic E-state index is 0.341. The lowest BCUT2D eigenvalue weighted by molar-refractivity contribution is 0.0993. The van der Waals surface area contributed by atoms with E-state index in [2.05, 4.69) is 47.4 Å². The maximum absolute atomic E-state index is 10.6. The summed E-state index contributed by atoms with van der Waals surface area (Å²) >= 11 is 0. The van der Waals surface area contributed by atoms with Gasteiger partial charge in [-0.05, 0) is 86.9 Å². The van der Waals surface area contributed by atoms with Crippen LogP contribution in [0.25, 0.3) is 0 Å². The lowest BCUT2D eigenvalue weighted by Gasteiger charge is -2.46. The third-order valence-corrected chi connectivity index (χ3v) is 7.79. The van der Waals surface area contributed by atoms with Crippen molar-refractivity contribution in [3.63, 3.8) is 0 Å². The molecule has 1 atom stereocenters. The molecule has 1 saturated heterocycles. The first kappa shape index (κ1) is 23.3. The fourth-order valence-electron chi connectivity index (χ4n) is 6.04. The molecular formula is C29H35N3O. The molecule has 0 N–H and O–H groups in total. The van der Waals surface area contributed by atoms with Crippen molar-refractivity contribution in [2.75, 3.05) is 26.2 Å². The number of ether oxygens (including phenoxy) is 1. The van der Waals surface area contributed by atoms with Crippen LogP contribution in [-0.4, -0.2) is 31.1 Å². The summed E-state index contributed by atoms with van der Waals surface area (Å²) in [6.07, 6.45) is 9.39. The number of benzene rings is 2. The molecule has 1 aliphatic carbocycles. The van der Waals surface area contributed by atoms with Gasteiger partial charge in [0.15, 0.2) is 0 Å². The SMILES string of the molecule is N#Cc1ccc(OCCCN2CCC(C(C#N)(c3ccccc3)C3CCCCC3)CC2)cc1. The largest absolute Gasteiger partial charge is 0.494 e. The Bertz CT molecular complexity index is 945. The number of piperidine rings is 1. The quantitative estimate of drug-likeness (QED) is 0.466. The first-order valence-corrected chi connectivity index (χ1v) is 12.6. The summed E-state index contributed by atoms with van der Waals surface area (Å²) in [5.74, 6) is 1.73. The number of nitrogens with zero attached hydrogens (tertiary/aromatic N) is 3. The zero-order valence-electron chi connectivity index (χ0n) is 19.6. The normalized spacial score (nSPS) is 19.8. The number of likely N-dealkylation sites (tertiary alicyclic amines) is 1. The zero-order chi connectivity index (χ0) is 22.9. The van der Waals surface area contributed by atoms with E-state index < -0.39 is 0 Å². The van der Waals surface area contributed by atoms with Crippen molar-refractivity contribution >= 4 is 0 Å². The molecule has 2 aromatic rings. The molecule has 2 aromatic carbocycles. The molecule has 1 heterocycles. The molecule has 0 amide bonds. The predicted molar refractivity (Wildman–Crippen MR) is 131 cm³/mol. The van der Waals surface area contributed by atoms with Gasteiger partial charge in [-0.1, -0.05) is 49.6 Å². The summed E-state index contributed by atoms with van der Waals surface area (Å²) in [5.41, 5.74) is 1.56. The molecule has 1 unspecified atom stereocenters. The van der Waals surface area contributed by atoms with Crippen LogP contribution in [0.4, 0.5) is 0 Å². The zero-order valence-corrected chi connectivity index (χ0v) is 19.6. The molecule has 1 saturated carbocycles. The van der Waals surface area contributed by atoms with Gasteiger partial charge in [-0.15, -0.1) is 0 Å². The number of hydrogen-bond donors (Lipinski definition) is 0. The van der Waals surface area contributed by atoms with E-state index in [9.17, 15) is 5.26 Å². The highest BCUT2D eigenvalue weighted by Gasteiger charge is 2.48. The van der Waals surface area contributed by atoms with E-state index in [1.807, 2.05) is 12.1 Å². The van der Waals surface area contributed by atoms with Crippen molar-refractivity contribution in [1.82, 2.24) is 4.90 Å². The minimum Gasteiger partial charge on any atom is -0.494 e. The number of hydrogen-bond acceptors (Lipinski definition) is 4. The Kier molecular flexibility index (Phi) is 8.03. The average molecular weight is 442 g/mol. The van der Waals surface area contributed by atoms with Gasteiger partial charge in [-0.3, -0.25) is 0 Å². The van der Waals surface area contributed by atoms with Crippen LogP contribution in [-0.2, 0) is 5.41 Å². The molecule has 0 aromatic heterocycles. The summed E-state index contributed by atoms with van der Waals surface area (Å²) in [6.45, 7) is 3.83. The summed E-state index contributed by atoms with van der Waals surface area (Å²) in [7, 11) is 0. The summed E-state index contributed by atoms with van der Waals surface area (Å²) in [6, 6.07) is 23.0. The summed E-state index contributed by atoms with van der Waals surface area (Å²) < 4.78 is 5.85. The lowest BCUT2D eigenvalue weighted by Crippen LogP contribution is -2.47. The van der Waals surface area contributed by atoms with Crippen LogP contribution in [0.15, 0.2) is 54.6 Å². The molecule has 4 heteroatoms. The Morgan fingerprint density at radius 3 is 2.15 bits per heavy atom. The van der Waals surface area contributed by atoms with Crippen LogP contribution >= 0.6 is 0 Å². The van der Waals surface area contributed by atoms with Gasteiger partial charge in [0.1, 0.15) is 5.75 Å². The standard InChI is InChI=1S/C29H35N3O/c30-22-24-12-14-28(15-13-24)33-21-7-18-32-19-16-27(17-20-32)29(23-31,25-8-3-1-4-9-25)26-10-5-2-6-11-26/h1,3-4,8-9,12-15,26-27H,2,5-7,10-11,16-21H2. The third kappa shape index (κ3) is 5.40. The maximum Gasteiger partial charge on any atom is 0.119 e.